The molecular formula is C10H13Cl2N3OZn. The van der Waals surface area contributed by atoms with Crippen LogP contribution in [0.15, 0.2) is 23.8 Å². The molecular weight excluding hydrogens is 314 g/mol. The van der Waals surface area contributed by atoms with Crippen LogP contribution in [0.2, 0.25) is 0 Å². The molecule has 1 heterocycles. The molecule has 0 aromatic heterocycles. The molecule has 1 atom stereocenters. The molecule has 0 aromatic rings. The summed E-state index contributed by atoms with van der Waals surface area (Å²) in [5, 5.41) is 3.28. The fraction of sp³-hybridized carbons (Fsp3) is 0.500. The maximum atomic E-state index is 8.55. The van der Waals surface area contributed by atoms with Crippen LogP contribution < -0.4 is 30.1 Å². The smallest absolute Gasteiger partial charge is 1.00 e. The van der Waals surface area contributed by atoms with E-state index in [4.69, 9.17) is 10.3 Å². The summed E-state index contributed by atoms with van der Waals surface area (Å²) < 4.78 is 5.60. The van der Waals surface area contributed by atoms with Crippen molar-refractivity contribution < 1.29 is 53.8 Å². The first kappa shape index (κ1) is 19.3. The third kappa shape index (κ3) is 5.43. The van der Waals surface area contributed by atoms with Gasteiger partial charge in [-0.15, -0.1) is 0 Å². The second kappa shape index (κ2) is 9.96. The van der Waals surface area contributed by atoms with Crippen LogP contribution in [0, 0.1) is 0 Å². The van der Waals surface area contributed by atoms with Crippen LogP contribution in [-0.4, -0.2) is 36.3 Å². The zero-order valence-corrected chi connectivity index (χ0v) is 13.9. The Bertz CT molecular complexity index is 334. The van der Waals surface area contributed by atoms with Crippen LogP contribution >= 0.6 is 0 Å². The van der Waals surface area contributed by atoms with Gasteiger partial charge in [0.15, 0.2) is 0 Å². The third-order valence-electron chi connectivity index (χ3n) is 2.44. The summed E-state index contributed by atoms with van der Waals surface area (Å²) in [5.74, 6) is 0. The monoisotopic (exact) mass is 325 g/mol. The Morgan fingerprint density at radius 1 is 1.35 bits per heavy atom. The van der Waals surface area contributed by atoms with E-state index in [-0.39, 0.29) is 50.4 Å². The summed E-state index contributed by atoms with van der Waals surface area (Å²) in [5.41, 5.74) is 10.4. The van der Waals surface area contributed by atoms with Gasteiger partial charge in [-0.05, 0) is 11.6 Å². The fourth-order valence-electron chi connectivity index (χ4n) is 1.64. The van der Waals surface area contributed by atoms with Gasteiger partial charge in [-0.2, -0.15) is 4.79 Å². The number of halogens is 2. The fourth-order valence-corrected chi connectivity index (χ4v) is 1.64. The SMILES string of the molecule is [Cl-].[Cl-].[N-]=[N+]=C1C=CC(C2CNCCO2)=CC1.[Zn+2]. The molecule has 0 saturated carbocycles. The Labute approximate surface area is 126 Å². The maximum Gasteiger partial charge on any atom is 2.00 e. The quantitative estimate of drug-likeness (QED) is 0.297. The van der Waals surface area contributed by atoms with E-state index in [0.717, 1.165) is 19.7 Å². The van der Waals surface area contributed by atoms with Crippen LogP contribution in [-0.2, 0) is 24.2 Å². The normalized spacial score (nSPS) is 22.2. The molecule has 1 aliphatic heterocycles. The van der Waals surface area contributed by atoms with Crippen LogP contribution in [0.5, 0.6) is 0 Å². The van der Waals surface area contributed by atoms with Gasteiger partial charge in [0.2, 0.25) is 0 Å². The van der Waals surface area contributed by atoms with Gasteiger partial charge < -0.3 is 40.4 Å². The summed E-state index contributed by atoms with van der Waals surface area (Å²) in [6.45, 7) is 2.55. The first-order valence-corrected chi connectivity index (χ1v) is 4.81. The number of ether oxygens (including phenoxy) is 1. The van der Waals surface area contributed by atoms with Crippen LogP contribution in [0.3, 0.4) is 0 Å². The summed E-state index contributed by atoms with van der Waals surface area (Å²) in [4.78, 5) is 3.16. The molecule has 17 heavy (non-hydrogen) atoms. The molecule has 90 valence electrons. The van der Waals surface area contributed by atoms with Crippen molar-refractivity contribution in [1.82, 2.24) is 5.32 Å². The largest absolute Gasteiger partial charge is 2.00 e. The molecule has 1 saturated heterocycles. The first-order chi connectivity index (χ1) is 6.90. The summed E-state index contributed by atoms with van der Waals surface area (Å²) in [6, 6.07) is 0. The Hall–Kier alpha value is -0.0166. The van der Waals surface area contributed by atoms with Crippen LogP contribution in [0.25, 0.3) is 5.53 Å². The molecule has 1 unspecified atom stereocenters. The Balaban J connectivity index is 0. The number of hydrogen-bond donors (Lipinski definition) is 1. The molecule has 7 heteroatoms. The topological polar surface area (TPSA) is 57.7 Å². The van der Waals surface area contributed by atoms with E-state index in [9.17, 15) is 0 Å². The average molecular weight is 328 g/mol. The molecule has 1 aliphatic carbocycles. The van der Waals surface area contributed by atoms with Crippen molar-refractivity contribution in [3.8, 4) is 0 Å². The van der Waals surface area contributed by atoms with E-state index in [1.165, 1.54) is 5.57 Å². The zero-order chi connectivity index (χ0) is 9.80. The van der Waals surface area contributed by atoms with Gasteiger partial charge in [0.05, 0.1) is 19.1 Å². The molecule has 0 aromatic carbocycles. The van der Waals surface area contributed by atoms with E-state index in [1.807, 2.05) is 18.2 Å². The molecule has 0 radical (unpaired) electrons. The van der Waals surface area contributed by atoms with Crippen LogP contribution in [0.4, 0.5) is 0 Å². The van der Waals surface area contributed by atoms with Gasteiger partial charge in [-0.3, -0.25) is 0 Å². The standard InChI is InChI=1S/C10H13N3O.2ClH.Zn/c11-13-9-3-1-8(2-4-9)10-7-12-5-6-14-10;;;/h1-3,10,12H,4-7H2;2*1H;/q;;;+2/p-2. The Morgan fingerprint density at radius 3 is 2.59 bits per heavy atom. The molecule has 2 aliphatic rings. The van der Waals surface area contributed by atoms with Crippen molar-refractivity contribution in [1.29, 1.82) is 0 Å². The number of hydrogen-bond acceptors (Lipinski definition) is 2. The predicted molar refractivity (Wildman–Crippen MR) is 53.1 cm³/mol. The van der Waals surface area contributed by atoms with E-state index in [0.29, 0.717) is 12.1 Å². The van der Waals surface area contributed by atoms with Gasteiger partial charge in [0.1, 0.15) is 0 Å². The van der Waals surface area contributed by atoms with E-state index in [1.54, 1.807) is 0 Å². The Morgan fingerprint density at radius 2 is 2.12 bits per heavy atom. The minimum Gasteiger partial charge on any atom is -1.00 e. The maximum absolute atomic E-state index is 8.55. The number of nitrogens with one attached hydrogen (secondary N) is 1. The molecule has 0 amide bonds. The molecule has 1 fully saturated rings. The molecule has 0 bridgehead atoms. The summed E-state index contributed by atoms with van der Waals surface area (Å²) in [7, 11) is 0. The first-order valence-electron chi connectivity index (χ1n) is 4.81. The third-order valence-corrected chi connectivity index (χ3v) is 2.44. The summed E-state index contributed by atoms with van der Waals surface area (Å²) in [6.07, 6.45) is 6.67. The number of allylic oxidation sites excluding steroid dienone is 2. The van der Waals surface area contributed by atoms with Gasteiger partial charge >= 0.3 is 19.5 Å². The van der Waals surface area contributed by atoms with Crippen molar-refractivity contribution >= 4 is 5.71 Å². The average Bonchev–Trinajstić information content (AvgIpc) is 2.30. The predicted octanol–water partition coefficient (Wildman–Crippen LogP) is -5.46. The van der Waals surface area contributed by atoms with Crippen molar-refractivity contribution in [2.75, 3.05) is 19.7 Å². The second-order valence-electron chi connectivity index (χ2n) is 3.40. The molecule has 4 nitrogen and oxygen atoms in total. The van der Waals surface area contributed by atoms with E-state index in [2.05, 4.69) is 10.1 Å². The van der Waals surface area contributed by atoms with Crippen molar-refractivity contribution in [2.24, 2.45) is 0 Å². The van der Waals surface area contributed by atoms with Crippen molar-refractivity contribution in [3.63, 3.8) is 0 Å². The molecule has 1 N–H and O–H groups in total. The van der Waals surface area contributed by atoms with E-state index >= 15 is 0 Å². The number of morpholine rings is 1. The van der Waals surface area contributed by atoms with Gasteiger partial charge in [-0.25, -0.2) is 0 Å². The molecule has 2 rings (SSSR count). The van der Waals surface area contributed by atoms with Crippen LogP contribution in [0.1, 0.15) is 6.42 Å². The minimum atomic E-state index is 0. The summed E-state index contributed by atoms with van der Waals surface area (Å²) >= 11 is 0. The molecule has 0 spiro atoms. The minimum absolute atomic E-state index is 0. The van der Waals surface area contributed by atoms with E-state index < -0.39 is 0 Å². The van der Waals surface area contributed by atoms with Gasteiger partial charge in [-0.1, -0.05) is 6.08 Å². The van der Waals surface area contributed by atoms with Crippen molar-refractivity contribution in [3.05, 3.63) is 29.3 Å². The van der Waals surface area contributed by atoms with Gasteiger partial charge in [0, 0.05) is 19.2 Å². The number of nitrogens with zero attached hydrogens (tertiary/aromatic N) is 2. The second-order valence-corrected chi connectivity index (χ2v) is 3.40. The van der Waals surface area contributed by atoms with Gasteiger partial charge in [0.25, 0.3) is 5.71 Å². The Kier molecular flexibility index (Phi) is 11.3. The van der Waals surface area contributed by atoms with Crippen molar-refractivity contribution in [2.45, 2.75) is 12.5 Å². The zero-order valence-electron chi connectivity index (χ0n) is 9.40. The number of rotatable bonds is 1.